The number of phenols is 1. The van der Waals surface area contributed by atoms with E-state index in [2.05, 4.69) is 4.98 Å². The lowest BCUT2D eigenvalue weighted by atomic mass is 9.78. The molecular formula is C23H22N2O5. The molecular weight excluding hydrogens is 384 g/mol. The Bertz CT molecular complexity index is 1210. The summed E-state index contributed by atoms with van der Waals surface area (Å²) in [5, 5.41) is 11.1. The van der Waals surface area contributed by atoms with Gasteiger partial charge in [0.2, 0.25) is 5.75 Å². The molecule has 0 spiro atoms. The Morgan fingerprint density at radius 2 is 1.80 bits per heavy atom. The highest BCUT2D eigenvalue weighted by molar-refractivity contribution is 6.08. The van der Waals surface area contributed by atoms with Crippen LogP contribution in [0.3, 0.4) is 0 Å². The van der Waals surface area contributed by atoms with E-state index in [0.29, 0.717) is 23.2 Å². The Kier molecular flexibility index (Phi) is 4.20. The summed E-state index contributed by atoms with van der Waals surface area (Å²) in [6.45, 7) is 0.660. The Hall–Kier alpha value is -3.48. The van der Waals surface area contributed by atoms with Gasteiger partial charge in [0.25, 0.3) is 11.5 Å². The van der Waals surface area contributed by atoms with Gasteiger partial charge in [0.15, 0.2) is 11.5 Å². The highest BCUT2D eigenvalue weighted by Gasteiger charge is 2.45. The Labute approximate surface area is 172 Å². The molecule has 0 saturated carbocycles. The van der Waals surface area contributed by atoms with E-state index in [1.807, 2.05) is 29.2 Å². The largest absolute Gasteiger partial charge is 0.502 e. The maximum Gasteiger partial charge on any atom is 0.255 e. The second-order valence-corrected chi connectivity index (χ2v) is 7.75. The van der Waals surface area contributed by atoms with Gasteiger partial charge < -0.3 is 24.5 Å². The number of pyridine rings is 1. The molecule has 0 radical (unpaired) electrons. The summed E-state index contributed by atoms with van der Waals surface area (Å²) in [4.78, 5) is 31.5. The van der Waals surface area contributed by atoms with Crippen LogP contribution in [-0.4, -0.2) is 47.7 Å². The van der Waals surface area contributed by atoms with Crippen molar-refractivity contribution < 1.29 is 19.4 Å². The summed E-state index contributed by atoms with van der Waals surface area (Å²) < 4.78 is 10.7. The monoisotopic (exact) mass is 406 g/mol. The highest BCUT2D eigenvalue weighted by Crippen LogP contribution is 2.46. The number of methoxy groups -OCH3 is 2. The van der Waals surface area contributed by atoms with Crippen molar-refractivity contribution in [3.8, 4) is 17.2 Å². The minimum atomic E-state index is -0.350. The molecule has 30 heavy (non-hydrogen) atoms. The van der Waals surface area contributed by atoms with Crippen LogP contribution >= 0.6 is 0 Å². The lowest BCUT2D eigenvalue weighted by Gasteiger charge is -2.38. The number of hydrogen-bond acceptors (Lipinski definition) is 5. The number of rotatable bonds is 3. The van der Waals surface area contributed by atoms with Crippen LogP contribution in [0.2, 0.25) is 0 Å². The number of fused-ring (bicyclic) bond motifs is 4. The van der Waals surface area contributed by atoms with Crippen molar-refractivity contribution in [3.63, 3.8) is 0 Å². The number of ether oxygens (including phenoxy) is 2. The van der Waals surface area contributed by atoms with Gasteiger partial charge in [-0.25, -0.2) is 0 Å². The molecule has 7 heteroatoms. The van der Waals surface area contributed by atoms with E-state index in [-0.39, 0.29) is 40.7 Å². The maximum atomic E-state index is 13.4. The van der Waals surface area contributed by atoms with E-state index in [4.69, 9.17) is 9.47 Å². The molecule has 1 saturated heterocycles. The molecule has 3 aromatic rings. The number of nitrogens with zero attached hydrogens (tertiary/aromatic N) is 1. The molecule has 7 nitrogen and oxygen atoms in total. The lowest BCUT2D eigenvalue weighted by molar-refractivity contribution is 0.0700. The maximum absolute atomic E-state index is 13.4. The van der Waals surface area contributed by atoms with E-state index in [1.165, 1.54) is 14.2 Å². The molecule has 2 N–H and O–H groups in total. The highest BCUT2D eigenvalue weighted by atomic mass is 16.5. The first-order valence-electron chi connectivity index (χ1n) is 9.96. The van der Waals surface area contributed by atoms with Crippen molar-refractivity contribution in [1.82, 2.24) is 9.88 Å². The van der Waals surface area contributed by atoms with Crippen molar-refractivity contribution in [2.75, 3.05) is 20.8 Å². The van der Waals surface area contributed by atoms with Crippen LogP contribution in [0.5, 0.6) is 17.2 Å². The summed E-state index contributed by atoms with van der Waals surface area (Å²) in [5.41, 5.74) is 2.08. The quantitative estimate of drug-likeness (QED) is 0.698. The molecule has 0 unspecified atom stereocenters. The molecule has 2 aromatic carbocycles. The zero-order valence-corrected chi connectivity index (χ0v) is 16.8. The molecule has 1 aromatic heterocycles. The fourth-order valence-corrected chi connectivity index (χ4v) is 4.99. The molecule has 3 heterocycles. The van der Waals surface area contributed by atoms with Gasteiger partial charge in [-0.05, 0) is 36.6 Å². The Morgan fingerprint density at radius 3 is 2.50 bits per heavy atom. The van der Waals surface area contributed by atoms with E-state index in [0.717, 1.165) is 23.8 Å². The van der Waals surface area contributed by atoms with Gasteiger partial charge in [-0.3, -0.25) is 9.59 Å². The molecule has 154 valence electrons. The Balaban J connectivity index is 1.84. The van der Waals surface area contributed by atoms with Crippen molar-refractivity contribution in [2.24, 2.45) is 0 Å². The third-order valence-electron chi connectivity index (χ3n) is 6.29. The number of amides is 1. The van der Waals surface area contributed by atoms with Crippen LogP contribution in [-0.2, 0) is 0 Å². The molecule has 1 fully saturated rings. The summed E-state index contributed by atoms with van der Waals surface area (Å²) in [5.74, 6) is 0.00130. The van der Waals surface area contributed by atoms with Gasteiger partial charge >= 0.3 is 0 Å². The number of carbonyl (C=O) groups is 1. The summed E-state index contributed by atoms with van der Waals surface area (Å²) >= 11 is 0. The van der Waals surface area contributed by atoms with Crippen LogP contribution in [0, 0.1) is 0 Å². The average Bonchev–Trinajstić information content (AvgIpc) is 3.24. The van der Waals surface area contributed by atoms with Gasteiger partial charge in [0.05, 0.1) is 19.8 Å². The SMILES string of the molecule is COc1cc([C@@H]2c3c(c4ccccc4[nH]c3=O)C(=O)N3CCC[C@@H]23)cc(OC)c1O. The number of para-hydroxylation sites is 1. The number of H-pyrrole nitrogens is 1. The normalized spacial score (nSPS) is 20.2. The van der Waals surface area contributed by atoms with Gasteiger partial charge in [-0.2, -0.15) is 0 Å². The summed E-state index contributed by atoms with van der Waals surface area (Å²) in [7, 11) is 2.94. The fraction of sp³-hybridized carbons (Fsp3) is 0.304. The van der Waals surface area contributed by atoms with Crippen LogP contribution in [0.25, 0.3) is 10.9 Å². The molecule has 0 bridgehead atoms. The van der Waals surface area contributed by atoms with Gasteiger partial charge in [-0.1, -0.05) is 18.2 Å². The standard InChI is InChI=1S/C23H22N2O5/c1-29-16-10-12(11-17(30-2)21(16)26)18-15-8-5-9-25(15)23(28)19-13-6-3-4-7-14(13)24-22(27)20(18)19/h3-4,6-7,10-11,15,18,26H,5,8-9H2,1-2H3,(H,24,27)/t15-,18-/m0/s1. The van der Waals surface area contributed by atoms with Crippen molar-refractivity contribution in [3.05, 3.63) is 63.4 Å². The van der Waals surface area contributed by atoms with Crippen LogP contribution in [0.15, 0.2) is 41.2 Å². The molecule has 5 rings (SSSR count). The first kappa shape index (κ1) is 18.5. The number of benzene rings is 2. The van der Waals surface area contributed by atoms with Gasteiger partial charge in [0, 0.05) is 35.0 Å². The van der Waals surface area contributed by atoms with Crippen molar-refractivity contribution >= 4 is 16.8 Å². The first-order chi connectivity index (χ1) is 14.5. The number of hydrogen-bond donors (Lipinski definition) is 2. The second kappa shape index (κ2) is 6.79. The van der Waals surface area contributed by atoms with Crippen LogP contribution in [0.4, 0.5) is 0 Å². The van der Waals surface area contributed by atoms with Gasteiger partial charge in [0.1, 0.15) is 0 Å². The van der Waals surface area contributed by atoms with E-state index in [1.54, 1.807) is 12.1 Å². The molecule has 2 aliphatic rings. The number of nitrogens with one attached hydrogen (secondary N) is 1. The van der Waals surface area contributed by atoms with E-state index in [9.17, 15) is 14.7 Å². The van der Waals surface area contributed by atoms with Gasteiger partial charge in [-0.15, -0.1) is 0 Å². The number of carbonyl (C=O) groups excluding carboxylic acids is 1. The molecule has 2 aliphatic heterocycles. The number of aromatic hydroxyl groups is 1. The van der Waals surface area contributed by atoms with E-state index < -0.39 is 0 Å². The Morgan fingerprint density at radius 1 is 1.10 bits per heavy atom. The number of phenolic OH excluding ortho intramolecular Hbond substituents is 1. The molecule has 1 amide bonds. The van der Waals surface area contributed by atoms with Crippen LogP contribution in [0.1, 0.15) is 40.2 Å². The minimum absolute atomic E-state index is 0.0911. The topological polar surface area (TPSA) is 91.9 Å². The van der Waals surface area contributed by atoms with Crippen molar-refractivity contribution in [1.29, 1.82) is 0 Å². The third-order valence-corrected chi connectivity index (χ3v) is 6.29. The van der Waals surface area contributed by atoms with Crippen molar-refractivity contribution in [2.45, 2.75) is 24.8 Å². The second-order valence-electron chi connectivity index (χ2n) is 7.75. The number of aromatic amines is 1. The fourth-order valence-electron chi connectivity index (χ4n) is 4.99. The predicted octanol–water partition coefficient (Wildman–Crippen LogP) is 3.00. The third kappa shape index (κ3) is 2.51. The number of aromatic nitrogens is 1. The zero-order chi connectivity index (χ0) is 21.0. The minimum Gasteiger partial charge on any atom is -0.502 e. The lowest BCUT2D eigenvalue weighted by Crippen LogP contribution is -2.47. The smallest absolute Gasteiger partial charge is 0.255 e. The predicted molar refractivity (Wildman–Crippen MR) is 112 cm³/mol. The average molecular weight is 406 g/mol. The van der Waals surface area contributed by atoms with Crippen LogP contribution < -0.4 is 15.0 Å². The summed E-state index contributed by atoms with van der Waals surface area (Å²) in [6.07, 6.45) is 1.68. The first-order valence-corrected chi connectivity index (χ1v) is 9.96. The molecule has 2 atom stereocenters. The summed E-state index contributed by atoms with van der Waals surface area (Å²) in [6, 6.07) is 10.7. The van der Waals surface area contributed by atoms with E-state index >= 15 is 0 Å². The molecule has 0 aliphatic carbocycles. The zero-order valence-electron chi connectivity index (χ0n) is 16.8.